The highest BCUT2D eigenvalue weighted by atomic mass is 16.6. The summed E-state index contributed by atoms with van der Waals surface area (Å²) in [6.45, 7) is 0.826. The Bertz CT molecular complexity index is 213. The third-order valence-electron chi connectivity index (χ3n) is 1.82. The predicted octanol–water partition coefficient (Wildman–Crippen LogP) is -1.06. The van der Waals surface area contributed by atoms with Crippen LogP contribution in [0.5, 0.6) is 0 Å². The van der Waals surface area contributed by atoms with E-state index >= 15 is 0 Å². The predicted molar refractivity (Wildman–Crippen MR) is 42.9 cm³/mol. The van der Waals surface area contributed by atoms with E-state index in [1.807, 2.05) is 0 Å². The fourth-order valence-electron chi connectivity index (χ4n) is 0.968. The number of hydrogen-bond donors (Lipinski definition) is 1. The molecule has 74 valence electrons. The number of ether oxygens (including phenoxy) is 2. The lowest BCUT2D eigenvalue weighted by Gasteiger charge is -2.37. The Morgan fingerprint density at radius 2 is 2.15 bits per heavy atom. The van der Waals surface area contributed by atoms with Crippen LogP contribution in [0.2, 0.25) is 0 Å². The van der Waals surface area contributed by atoms with Gasteiger partial charge in [-0.1, -0.05) is 0 Å². The fraction of sp³-hybridized carbons (Fsp3) is 0.714. The van der Waals surface area contributed by atoms with Gasteiger partial charge >= 0.3 is 12.0 Å². The molecule has 1 aliphatic rings. The van der Waals surface area contributed by atoms with E-state index in [9.17, 15) is 9.59 Å². The van der Waals surface area contributed by atoms with Gasteiger partial charge in [0.2, 0.25) is 0 Å². The summed E-state index contributed by atoms with van der Waals surface area (Å²) in [7, 11) is 1.29. The average Bonchev–Trinajstić information content (AvgIpc) is 2.00. The summed E-state index contributed by atoms with van der Waals surface area (Å²) in [6.07, 6.45) is -0.0911. The lowest BCUT2D eigenvalue weighted by molar-refractivity contribution is -0.150. The Morgan fingerprint density at radius 3 is 2.62 bits per heavy atom. The van der Waals surface area contributed by atoms with Crippen molar-refractivity contribution in [3.63, 3.8) is 0 Å². The maximum absolute atomic E-state index is 10.6. The molecule has 0 aromatic rings. The van der Waals surface area contributed by atoms with Gasteiger partial charge in [0.25, 0.3) is 0 Å². The summed E-state index contributed by atoms with van der Waals surface area (Å²) in [4.78, 5) is 22.6. The van der Waals surface area contributed by atoms with Gasteiger partial charge in [0.05, 0.1) is 26.3 Å². The molecule has 0 spiro atoms. The molecule has 1 aliphatic heterocycles. The molecule has 1 rings (SSSR count). The van der Waals surface area contributed by atoms with Crippen molar-refractivity contribution in [3.05, 3.63) is 0 Å². The van der Waals surface area contributed by atoms with Crippen molar-refractivity contribution >= 4 is 12.0 Å². The number of amides is 2. The molecular formula is C7H12N2O4. The highest BCUT2D eigenvalue weighted by molar-refractivity contribution is 5.73. The number of nitrogens with zero attached hydrogens (tertiary/aromatic N) is 1. The van der Waals surface area contributed by atoms with E-state index in [0.717, 1.165) is 0 Å². The van der Waals surface area contributed by atoms with E-state index in [0.29, 0.717) is 13.1 Å². The maximum atomic E-state index is 10.6. The Labute approximate surface area is 75.6 Å². The van der Waals surface area contributed by atoms with E-state index in [1.54, 1.807) is 0 Å². The molecule has 1 saturated heterocycles. The average molecular weight is 188 g/mol. The number of methoxy groups -OCH3 is 1. The first kappa shape index (κ1) is 9.79. The number of primary amides is 1. The van der Waals surface area contributed by atoms with Crippen LogP contribution >= 0.6 is 0 Å². The van der Waals surface area contributed by atoms with Gasteiger partial charge in [0.1, 0.15) is 6.61 Å². The summed E-state index contributed by atoms with van der Waals surface area (Å²) in [5.41, 5.74) is 4.98. The fourth-order valence-corrected chi connectivity index (χ4v) is 0.968. The molecule has 0 atom stereocenters. The minimum absolute atomic E-state index is 0.0756. The van der Waals surface area contributed by atoms with Crippen LogP contribution in [0.4, 0.5) is 4.79 Å². The number of esters is 1. The van der Waals surface area contributed by atoms with Gasteiger partial charge in [-0.25, -0.2) is 9.59 Å². The number of hydrogen-bond acceptors (Lipinski definition) is 4. The molecule has 0 aromatic carbocycles. The minimum atomic E-state index is -0.460. The van der Waals surface area contributed by atoms with Gasteiger partial charge in [-0.05, 0) is 0 Å². The maximum Gasteiger partial charge on any atom is 0.331 e. The zero-order chi connectivity index (χ0) is 9.84. The molecule has 0 saturated carbocycles. The molecular weight excluding hydrogens is 176 g/mol. The van der Waals surface area contributed by atoms with Gasteiger partial charge in [0, 0.05) is 0 Å². The molecule has 6 nitrogen and oxygen atoms in total. The van der Waals surface area contributed by atoms with Crippen molar-refractivity contribution in [1.29, 1.82) is 0 Å². The lowest BCUT2D eigenvalue weighted by atomic mass is 10.2. The third-order valence-corrected chi connectivity index (χ3v) is 1.82. The zero-order valence-electron chi connectivity index (χ0n) is 7.36. The molecule has 13 heavy (non-hydrogen) atoms. The van der Waals surface area contributed by atoms with Crippen molar-refractivity contribution in [2.45, 2.75) is 6.10 Å². The quantitative estimate of drug-likeness (QED) is 0.572. The molecule has 6 heteroatoms. The number of carbonyl (C=O) groups excluding carboxylic acids is 2. The van der Waals surface area contributed by atoms with Gasteiger partial charge in [0.15, 0.2) is 0 Å². The monoisotopic (exact) mass is 188 g/mol. The standard InChI is InChI=1S/C7H12N2O4/c1-12-6(10)4-13-5-2-9(3-5)7(8)11/h5H,2-4H2,1H3,(H2,8,11). The van der Waals surface area contributed by atoms with Crippen molar-refractivity contribution < 1.29 is 19.1 Å². The number of carbonyl (C=O) groups is 2. The topological polar surface area (TPSA) is 81.9 Å². The van der Waals surface area contributed by atoms with Crippen LogP contribution in [0.25, 0.3) is 0 Å². The van der Waals surface area contributed by atoms with Crippen LogP contribution in [0.15, 0.2) is 0 Å². The SMILES string of the molecule is COC(=O)COC1CN(C(N)=O)C1. The highest BCUT2D eigenvalue weighted by Gasteiger charge is 2.30. The number of nitrogens with two attached hydrogens (primary N) is 1. The van der Waals surface area contributed by atoms with Crippen LogP contribution in [0, 0.1) is 0 Å². The molecule has 1 fully saturated rings. The number of likely N-dealkylation sites (tertiary alicyclic amines) is 1. The summed E-state index contributed by atoms with van der Waals surface area (Å²) in [6, 6.07) is -0.460. The first-order valence-corrected chi connectivity index (χ1v) is 3.86. The van der Waals surface area contributed by atoms with Crippen molar-refractivity contribution in [2.24, 2.45) is 5.73 Å². The van der Waals surface area contributed by atoms with Gasteiger partial charge in [-0.15, -0.1) is 0 Å². The van der Waals surface area contributed by atoms with E-state index in [2.05, 4.69) is 4.74 Å². The summed E-state index contributed by atoms with van der Waals surface area (Å²) in [5.74, 6) is -0.419. The summed E-state index contributed by atoms with van der Waals surface area (Å²) in [5, 5.41) is 0. The smallest absolute Gasteiger partial charge is 0.331 e. The van der Waals surface area contributed by atoms with E-state index in [4.69, 9.17) is 10.5 Å². The van der Waals surface area contributed by atoms with Gasteiger partial charge < -0.3 is 20.1 Å². The Kier molecular flexibility index (Phi) is 3.07. The Hall–Kier alpha value is -1.30. The summed E-state index contributed by atoms with van der Waals surface area (Å²) < 4.78 is 9.46. The first-order valence-electron chi connectivity index (χ1n) is 3.86. The van der Waals surface area contributed by atoms with Crippen LogP contribution < -0.4 is 5.73 Å². The third kappa shape index (κ3) is 2.59. The van der Waals surface area contributed by atoms with E-state index in [-0.39, 0.29) is 12.7 Å². The second-order valence-corrected chi connectivity index (χ2v) is 2.75. The van der Waals surface area contributed by atoms with Crippen molar-refractivity contribution in [2.75, 3.05) is 26.8 Å². The number of urea groups is 1. The molecule has 0 radical (unpaired) electrons. The second kappa shape index (κ2) is 4.08. The van der Waals surface area contributed by atoms with Crippen LogP contribution in [-0.4, -0.2) is 49.8 Å². The molecule has 0 unspecified atom stereocenters. The molecule has 2 N–H and O–H groups in total. The second-order valence-electron chi connectivity index (χ2n) is 2.75. The van der Waals surface area contributed by atoms with Gasteiger partial charge in [-0.2, -0.15) is 0 Å². The highest BCUT2D eigenvalue weighted by Crippen LogP contribution is 2.10. The van der Waals surface area contributed by atoms with Crippen LogP contribution in [0.1, 0.15) is 0 Å². The first-order chi connectivity index (χ1) is 6.13. The normalized spacial score (nSPS) is 16.5. The molecule has 0 bridgehead atoms. The number of rotatable bonds is 3. The van der Waals surface area contributed by atoms with Crippen molar-refractivity contribution in [1.82, 2.24) is 4.90 Å². The van der Waals surface area contributed by atoms with Crippen LogP contribution in [0.3, 0.4) is 0 Å². The molecule has 2 amide bonds. The Balaban J connectivity index is 2.08. The van der Waals surface area contributed by atoms with Crippen molar-refractivity contribution in [3.8, 4) is 0 Å². The zero-order valence-corrected chi connectivity index (χ0v) is 7.36. The summed E-state index contributed by atoms with van der Waals surface area (Å²) >= 11 is 0. The van der Waals surface area contributed by atoms with E-state index in [1.165, 1.54) is 12.0 Å². The molecule has 1 heterocycles. The van der Waals surface area contributed by atoms with Gasteiger partial charge in [-0.3, -0.25) is 0 Å². The molecule has 0 aromatic heterocycles. The Morgan fingerprint density at radius 1 is 1.54 bits per heavy atom. The van der Waals surface area contributed by atoms with Crippen LogP contribution in [-0.2, 0) is 14.3 Å². The largest absolute Gasteiger partial charge is 0.467 e. The minimum Gasteiger partial charge on any atom is -0.467 e. The molecule has 0 aliphatic carbocycles. The van der Waals surface area contributed by atoms with E-state index < -0.39 is 12.0 Å². The lowest BCUT2D eigenvalue weighted by Crippen LogP contribution is -2.56.